The first kappa shape index (κ1) is 13.9. The average molecular weight is 266 g/mol. The Hall–Kier alpha value is -0.530. The molecule has 2 rings (SSSR count). The van der Waals surface area contributed by atoms with Crippen molar-refractivity contribution in [3.05, 3.63) is 34.3 Å². The molecule has 1 aromatic carbocycles. The standard InChI is InChI=1S/C16H24ClN/c1-3-9-18-12-16(7-4-8-16)11-14-6-5-13(2)10-15(14)17/h5-6,10,18H,3-4,7-9,11-12H2,1-2H3. The Morgan fingerprint density at radius 2 is 2.11 bits per heavy atom. The molecule has 1 fully saturated rings. The van der Waals surface area contributed by atoms with E-state index in [2.05, 4.69) is 37.4 Å². The molecule has 1 aromatic rings. The topological polar surface area (TPSA) is 12.0 Å². The summed E-state index contributed by atoms with van der Waals surface area (Å²) in [6, 6.07) is 6.47. The summed E-state index contributed by atoms with van der Waals surface area (Å²) >= 11 is 6.36. The van der Waals surface area contributed by atoms with Crippen LogP contribution < -0.4 is 5.32 Å². The molecule has 0 atom stereocenters. The highest BCUT2D eigenvalue weighted by molar-refractivity contribution is 6.31. The largest absolute Gasteiger partial charge is 0.316 e. The molecule has 0 bridgehead atoms. The molecule has 18 heavy (non-hydrogen) atoms. The van der Waals surface area contributed by atoms with Gasteiger partial charge in [0.15, 0.2) is 0 Å². The minimum absolute atomic E-state index is 0.466. The lowest BCUT2D eigenvalue weighted by molar-refractivity contribution is 0.130. The van der Waals surface area contributed by atoms with E-state index in [4.69, 9.17) is 11.6 Å². The summed E-state index contributed by atoms with van der Waals surface area (Å²) in [7, 11) is 0. The molecule has 100 valence electrons. The van der Waals surface area contributed by atoms with Crippen LogP contribution in [0.2, 0.25) is 5.02 Å². The molecule has 1 aliphatic carbocycles. The van der Waals surface area contributed by atoms with Crippen molar-refractivity contribution < 1.29 is 0 Å². The number of halogens is 1. The molecule has 1 nitrogen and oxygen atoms in total. The van der Waals surface area contributed by atoms with Crippen LogP contribution in [0.25, 0.3) is 0 Å². The molecule has 0 aliphatic heterocycles. The molecule has 0 spiro atoms. The molecule has 0 amide bonds. The van der Waals surface area contributed by atoms with Gasteiger partial charge in [0.2, 0.25) is 0 Å². The van der Waals surface area contributed by atoms with Crippen molar-refractivity contribution in [2.24, 2.45) is 5.41 Å². The van der Waals surface area contributed by atoms with Crippen LogP contribution in [0.5, 0.6) is 0 Å². The maximum absolute atomic E-state index is 6.36. The van der Waals surface area contributed by atoms with E-state index in [9.17, 15) is 0 Å². The Morgan fingerprint density at radius 1 is 1.33 bits per heavy atom. The third-order valence-electron chi connectivity index (χ3n) is 4.12. The van der Waals surface area contributed by atoms with Crippen molar-refractivity contribution in [1.82, 2.24) is 5.32 Å². The molecule has 0 unspecified atom stereocenters. The van der Waals surface area contributed by atoms with Gasteiger partial charge in [0.05, 0.1) is 0 Å². The molecular formula is C16H24ClN. The van der Waals surface area contributed by atoms with E-state index in [0.29, 0.717) is 5.41 Å². The minimum Gasteiger partial charge on any atom is -0.316 e. The van der Waals surface area contributed by atoms with Gasteiger partial charge in [-0.1, -0.05) is 37.1 Å². The summed E-state index contributed by atoms with van der Waals surface area (Å²) in [5.41, 5.74) is 3.03. The summed E-state index contributed by atoms with van der Waals surface area (Å²) in [5.74, 6) is 0. The molecule has 2 heteroatoms. The number of rotatable bonds is 6. The Bertz CT molecular complexity index is 396. The number of hydrogen-bond donors (Lipinski definition) is 1. The lowest BCUT2D eigenvalue weighted by Gasteiger charge is -2.42. The second kappa shape index (κ2) is 6.08. The van der Waals surface area contributed by atoms with Crippen LogP contribution in [0.3, 0.4) is 0 Å². The van der Waals surface area contributed by atoms with Gasteiger partial charge in [0.1, 0.15) is 0 Å². The van der Waals surface area contributed by atoms with E-state index in [1.54, 1.807) is 0 Å². The van der Waals surface area contributed by atoms with Crippen LogP contribution in [-0.2, 0) is 6.42 Å². The van der Waals surface area contributed by atoms with Gasteiger partial charge in [-0.25, -0.2) is 0 Å². The highest BCUT2D eigenvalue weighted by Gasteiger charge is 2.36. The minimum atomic E-state index is 0.466. The Balaban J connectivity index is 2.01. The molecule has 0 aromatic heterocycles. The van der Waals surface area contributed by atoms with Crippen LogP contribution in [0.15, 0.2) is 18.2 Å². The molecule has 0 radical (unpaired) electrons. The maximum Gasteiger partial charge on any atom is 0.0440 e. The summed E-state index contributed by atoms with van der Waals surface area (Å²) < 4.78 is 0. The van der Waals surface area contributed by atoms with E-state index in [-0.39, 0.29) is 0 Å². The lowest BCUT2D eigenvalue weighted by atomic mass is 9.65. The van der Waals surface area contributed by atoms with Crippen LogP contribution in [0.1, 0.15) is 43.7 Å². The van der Waals surface area contributed by atoms with Gasteiger partial charge in [-0.15, -0.1) is 0 Å². The lowest BCUT2D eigenvalue weighted by Crippen LogP contribution is -2.42. The summed E-state index contributed by atoms with van der Waals surface area (Å²) in [4.78, 5) is 0. The monoisotopic (exact) mass is 265 g/mol. The van der Waals surface area contributed by atoms with Crippen molar-refractivity contribution >= 4 is 11.6 Å². The normalized spacial score (nSPS) is 17.5. The highest BCUT2D eigenvalue weighted by atomic mass is 35.5. The maximum atomic E-state index is 6.36. The van der Waals surface area contributed by atoms with Crippen molar-refractivity contribution in [3.8, 4) is 0 Å². The van der Waals surface area contributed by atoms with Crippen molar-refractivity contribution in [3.63, 3.8) is 0 Å². The predicted molar refractivity (Wildman–Crippen MR) is 79.3 cm³/mol. The number of hydrogen-bond acceptors (Lipinski definition) is 1. The first-order valence-corrected chi connectivity index (χ1v) is 7.49. The van der Waals surface area contributed by atoms with Crippen LogP contribution >= 0.6 is 11.6 Å². The van der Waals surface area contributed by atoms with Crippen LogP contribution in [-0.4, -0.2) is 13.1 Å². The quantitative estimate of drug-likeness (QED) is 0.754. The van der Waals surface area contributed by atoms with Crippen molar-refractivity contribution in [2.45, 2.75) is 46.0 Å². The molecule has 0 heterocycles. The van der Waals surface area contributed by atoms with Gasteiger partial charge < -0.3 is 5.32 Å². The molecule has 1 aliphatic rings. The van der Waals surface area contributed by atoms with Gasteiger partial charge in [0, 0.05) is 11.6 Å². The van der Waals surface area contributed by atoms with Crippen molar-refractivity contribution in [2.75, 3.05) is 13.1 Å². The van der Waals surface area contributed by atoms with Gasteiger partial charge in [-0.2, -0.15) is 0 Å². The zero-order chi connectivity index (χ0) is 13.0. The summed E-state index contributed by atoms with van der Waals surface area (Å²) in [5, 5.41) is 4.53. The molecule has 0 saturated heterocycles. The highest BCUT2D eigenvalue weighted by Crippen LogP contribution is 2.44. The molecule has 1 saturated carbocycles. The fraction of sp³-hybridized carbons (Fsp3) is 0.625. The average Bonchev–Trinajstić information content (AvgIpc) is 2.29. The fourth-order valence-corrected chi connectivity index (χ4v) is 3.12. The first-order chi connectivity index (χ1) is 8.65. The Labute approximate surface area is 116 Å². The fourth-order valence-electron chi connectivity index (χ4n) is 2.82. The van der Waals surface area contributed by atoms with E-state index in [1.807, 2.05) is 0 Å². The third-order valence-corrected chi connectivity index (χ3v) is 4.47. The predicted octanol–water partition coefficient (Wildman–Crippen LogP) is 4.36. The van der Waals surface area contributed by atoms with Crippen LogP contribution in [0.4, 0.5) is 0 Å². The Kier molecular flexibility index (Phi) is 4.69. The van der Waals surface area contributed by atoms with Gasteiger partial charge >= 0.3 is 0 Å². The van der Waals surface area contributed by atoms with Crippen molar-refractivity contribution in [1.29, 1.82) is 0 Å². The number of aryl methyl sites for hydroxylation is 1. The molecule has 1 N–H and O–H groups in total. The number of benzene rings is 1. The van der Waals surface area contributed by atoms with E-state index >= 15 is 0 Å². The summed E-state index contributed by atoms with van der Waals surface area (Å²) in [6.07, 6.45) is 6.39. The third kappa shape index (κ3) is 3.27. The zero-order valence-electron chi connectivity index (χ0n) is 11.6. The van der Waals surface area contributed by atoms with Gasteiger partial charge in [0.25, 0.3) is 0 Å². The van der Waals surface area contributed by atoms with Gasteiger partial charge in [-0.05, 0) is 61.8 Å². The van der Waals surface area contributed by atoms with E-state index < -0.39 is 0 Å². The first-order valence-electron chi connectivity index (χ1n) is 7.11. The zero-order valence-corrected chi connectivity index (χ0v) is 12.3. The van der Waals surface area contributed by atoms with E-state index in [1.165, 1.54) is 36.8 Å². The number of nitrogens with one attached hydrogen (secondary N) is 1. The van der Waals surface area contributed by atoms with Crippen LogP contribution in [0, 0.1) is 12.3 Å². The smallest absolute Gasteiger partial charge is 0.0440 e. The van der Waals surface area contributed by atoms with E-state index in [0.717, 1.165) is 24.5 Å². The molecular weight excluding hydrogens is 242 g/mol. The summed E-state index contributed by atoms with van der Waals surface area (Å²) in [6.45, 7) is 6.59. The van der Waals surface area contributed by atoms with Gasteiger partial charge in [-0.3, -0.25) is 0 Å². The Morgan fingerprint density at radius 3 is 2.67 bits per heavy atom. The SMILES string of the molecule is CCCNCC1(Cc2ccc(C)cc2Cl)CCC1. The second-order valence-corrected chi connectivity index (χ2v) is 6.21. The second-order valence-electron chi connectivity index (χ2n) is 5.80.